The molecule has 0 aromatic carbocycles. The fourth-order valence-corrected chi connectivity index (χ4v) is 0.416. The molecule has 6 nitrogen and oxygen atoms in total. The molecule has 0 fully saturated rings. The first kappa shape index (κ1) is 15.0. The average Bonchev–Trinajstić information content (AvgIpc) is 2.15. The maximum absolute atomic E-state index is 9.76. The molecule has 0 aromatic heterocycles. The van der Waals surface area contributed by atoms with Gasteiger partial charge in [0.05, 0.1) is 6.61 Å². The average molecular weight is 196 g/mol. The van der Waals surface area contributed by atoms with E-state index in [-0.39, 0.29) is 12.9 Å². The van der Waals surface area contributed by atoms with Crippen LogP contribution in [0.2, 0.25) is 0 Å². The normalized spacial score (nSPS) is 16.5. The first-order valence-corrected chi connectivity index (χ1v) is 3.76. The van der Waals surface area contributed by atoms with Gasteiger partial charge < -0.3 is 30.3 Å². The van der Waals surface area contributed by atoms with Crippen LogP contribution in [0, 0.1) is 0 Å². The van der Waals surface area contributed by atoms with E-state index >= 15 is 0 Å². The van der Waals surface area contributed by atoms with Gasteiger partial charge >= 0.3 is 0 Å². The fraction of sp³-hybridized carbons (Fsp3) is 0.857. The Bertz CT molecular complexity index is 118. The van der Waals surface area contributed by atoms with E-state index in [1.165, 1.54) is 0 Å². The zero-order valence-electron chi connectivity index (χ0n) is 7.37. The standard InChI is InChI=1S/C5H10O5.C2H6O/c6-1-3(8)5(10)4(9)2-7;1-2-3/h1,3-5,7-10H,2H2;3H,2H2,1H3. The van der Waals surface area contributed by atoms with E-state index in [1.54, 1.807) is 6.92 Å². The lowest BCUT2D eigenvalue weighted by molar-refractivity contribution is -0.127. The van der Waals surface area contributed by atoms with Crippen LogP contribution >= 0.6 is 0 Å². The van der Waals surface area contributed by atoms with Crippen molar-refractivity contribution in [3.8, 4) is 0 Å². The summed E-state index contributed by atoms with van der Waals surface area (Å²) in [6.45, 7) is 1.24. The van der Waals surface area contributed by atoms with Gasteiger partial charge in [-0.2, -0.15) is 0 Å². The largest absolute Gasteiger partial charge is 0.397 e. The number of carbonyl (C=O) groups is 1. The zero-order valence-corrected chi connectivity index (χ0v) is 7.37. The van der Waals surface area contributed by atoms with E-state index in [4.69, 9.17) is 25.5 Å². The van der Waals surface area contributed by atoms with E-state index in [1.807, 2.05) is 0 Å². The highest BCUT2D eigenvalue weighted by Crippen LogP contribution is 1.96. The summed E-state index contributed by atoms with van der Waals surface area (Å²) in [6, 6.07) is 0. The van der Waals surface area contributed by atoms with Gasteiger partial charge in [0.15, 0.2) is 6.29 Å². The van der Waals surface area contributed by atoms with Crippen LogP contribution in [0.15, 0.2) is 0 Å². The van der Waals surface area contributed by atoms with Gasteiger partial charge in [-0.15, -0.1) is 0 Å². The highest BCUT2D eigenvalue weighted by atomic mass is 16.4. The van der Waals surface area contributed by atoms with Gasteiger partial charge in [-0.3, -0.25) is 0 Å². The van der Waals surface area contributed by atoms with Gasteiger partial charge in [-0.1, -0.05) is 0 Å². The molecular formula is C7H16O6. The van der Waals surface area contributed by atoms with Crippen LogP contribution in [0.25, 0.3) is 0 Å². The lowest BCUT2D eigenvalue weighted by Gasteiger charge is -2.16. The number of rotatable bonds is 4. The van der Waals surface area contributed by atoms with Crippen LogP contribution in [-0.2, 0) is 4.79 Å². The smallest absolute Gasteiger partial charge is 0.151 e. The minimum absolute atomic E-state index is 0.0869. The third-order valence-electron chi connectivity index (χ3n) is 1.07. The Morgan fingerprint density at radius 1 is 1.23 bits per heavy atom. The summed E-state index contributed by atoms with van der Waals surface area (Å²) in [7, 11) is 0. The summed E-state index contributed by atoms with van der Waals surface area (Å²) in [5.41, 5.74) is 0. The predicted molar refractivity (Wildman–Crippen MR) is 43.9 cm³/mol. The molecule has 0 saturated carbocycles. The van der Waals surface area contributed by atoms with Crippen LogP contribution in [0.1, 0.15) is 6.92 Å². The number of hydrogen-bond donors (Lipinski definition) is 5. The molecule has 0 aliphatic heterocycles. The molecule has 0 aromatic rings. The first-order valence-electron chi connectivity index (χ1n) is 3.76. The second kappa shape index (κ2) is 9.56. The predicted octanol–water partition coefficient (Wildman–Crippen LogP) is -2.74. The van der Waals surface area contributed by atoms with Crippen LogP contribution in [0.5, 0.6) is 0 Å². The molecule has 0 aliphatic rings. The molecule has 5 N–H and O–H groups in total. The highest BCUT2D eigenvalue weighted by molar-refractivity contribution is 5.56. The molecule has 80 valence electrons. The molecule has 6 heteroatoms. The van der Waals surface area contributed by atoms with Crippen molar-refractivity contribution in [3.63, 3.8) is 0 Å². The molecule has 0 aliphatic carbocycles. The van der Waals surface area contributed by atoms with Crippen LogP contribution < -0.4 is 0 Å². The topological polar surface area (TPSA) is 118 Å². The van der Waals surface area contributed by atoms with E-state index < -0.39 is 24.9 Å². The van der Waals surface area contributed by atoms with Crippen molar-refractivity contribution >= 4 is 6.29 Å². The number of aliphatic hydroxyl groups excluding tert-OH is 5. The van der Waals surface area contributed by atoms with Crippen molar-refractivity contribution in [2.45, 2.75) is 25.2 Å². The molecule has 0 saturated heterocycles. The molecule has 0 amide bonds. The molecule has 0 bridgehead atoms. The Balaban J connectivity index is 0. The Morgan fingerprint density at radius 2 is 1.62 bits per heavy atom. The summed E-state index contributed by atoms with van der Waals surface area (Å²) in [6.07, 6.45) is -4.63. The van der Waals surface area contributed by atoms with Crippen LogP contribution in [0.4, 0.5) is 0 Å². The monoisotopic (exact) mass is 196 g/mol. The van der Waals surface area contributed by atoms with Gasteiger partial charge in [-0.25, -0.2) is 0 Å². The minimum atomic E-state index is -1.64. The molecule has 13 heavy (non-hydrogen) atoms. The molecule has 0 rings (SSSR count). The molecule has 3 unspecified atom stereocenters. The first-order chi connectivity index (χ1) is 6.04. The van der Waals surface area contributed by atoms with Gasteiger partial charge in [-0.05, 0) is 6.92 Å². The van der Waals surface area contributed by atoms with Crippen molar-refractivity contribution in [3.05, 3.63) is 0 Å². The van der Waals surface area contributed by atoms with Gasteiger partial charge in [0.1, 0.15) is 18.3 Å². The van der Waals surface area contributed by atoms with Crippen molar-refractivity contribution in [2.75, 3.05) is 13.2 Å². The van der Waals surface area contributed by atoms with Crippen molar-refractivity contribution in [2.24, 2.45) is 0 Å². The molecule has 0 heterocycles. The number of hydrogen-bond acceptors (Lipinski definition) is 6. The SMILES string of the molecule is CCO.O=CC(O)C(O)C(O)CO. The fourth-order valence-electron chi connectivity index (χ4n) is 0.416. The minimum Gasteiger partial charge on any atom is -0.397 e. The van der Waals surface area contributed by atoms with Crippen molar-refractivity contribution < 1.29 is 30.3 Å². The van der Waals surface area contributed by atoms with Gasteiger partial charge in [0.25, 0.3) is 0 Å². The maximum atomic E-state index is 9.76. The van der Waals surface area contributed by atoms with Crippen molar-refractivity contribution in [1.82, 2.24) is 0 Å². The quantitative estimate of drug-likeness (QED) is 0.311. The summed E-state index contributed by atoms with van der Waals surface area (Å²) in [4.78, 5) is 9.76. The summed E-state index contributed by atoms with van der Waals surface area (Å²) in [5, 5.41) is 41.6. The Kier molecular flexibility index (Phi) is 11.0. The van der Waals surface area contributed by atoms with Crippen molar-refractivity contribution in [1.29, 1.82) is 0 Å². The lowest BCUT2D eigenvalue weighted by Crippen LogP contribution is -2.40. The number of carbonyl (C=O) groups excluding carboxylic acids is 1. The summed E-state index contributed by atoms with van der Waals surface area (Å²) in [5.74, 6) is 0. The second-order valence-electron chi connectivity index (χ2n) is 2.18. The van der Waals surface area contributed by atoms with Crippen LogP contribution in [0.3, 0.4) is 0 Å². The van der Waals surface area contributed by atoms with E-state index in [0.29, 0.717) is 0 Å². The zero-order chi connectivity index (χ0) is 10.9. The molecule has 3 atom stereocenters. The Hall–Kier alpha value is -0.530. The van der Waals surface area contributed by atoms with E-state index in [2.05, 4.69) is 0 Å². The van der Waals surface area contributed by atoms with E-state index in [0.717, 1.165) is 0 Å². The van der Waals surface area contributed by atoms with E-state index in [9.17, 15) is 4.79 Å². The lowest BCUT2D eigenvalue weighted by atomic mass is 10.1. The number of aldehydes is 1. The third kappa shape index (κ3) is 7.82. The Labute approximate surface area is 76.1 Å². The van der Waals surface area contributed by atoms with Gasteiger partial charge in [0.2, 0.25) is 0 Å². The second-order valence-corrected chi connectivity index (χ2v) is 2.18. The molecular weight excluding hydrogens is 180 g/mol. The summed E-state index contributed by atoms with van der Waals surface area (Å²) >= 11 is 0. The van der Waals surface area contributed by atoms with Gasteiger partial charge in [0, 0.05) is 6.61 Å². The molecule has 0 spiro atoms. The highest BCUT2D eigenvalue weighted by Gasteiger charge is 2.22. The Morgan fingerprint density at radius 3 is 1.85 bits per heavy atom. The molecule has 0 radical (unpaired) electrons. The number of aliphatic hydroxyl groups is 5. The summed E-state index contributed by atoms with van der Waals surface area (Å²) < 4.78 is 0. The third-order valence-corrected chi connectivity index (χ3v) is 1.07. The van der Waals surface area contributed by atoms with Crippen LogP contribution in [-0.4, -0.2) is 63.3 Å². The maximum Gasteiger partial charge on any atom is 0.151 e.